The molecule has 1 aromatic rings. The number of nitrogens with two attached hydrogens (primary N) is 2. The number of rotatable bonds is 6. The van der Waals surface area contributed by atoms with Crippen LogP contribution in [0.15, 0.2) is 24.4 Å². The Balaban J connectivity index is 2.41. The summed E-state index contributed by atoms with van der Waals surface area (Å²) in [5.74, 6) is -0.484. The topological polar surface area (TPSA) is 85.2 Å². The number of carbonyl (C=O) groups is 1. The number of nitrogens with zero attached hydrogens (tertiary/aromatic N) is 2. The summed E-state index contributed by atoms with van der Waals surface area (Å²) >= 11 is 0. The normalized spacial score (nSPS) is 14.6. The van der Waals surface area contributed by atoms with Crippen LogP contribution in [-0.2, 0) is 11.2 Å². The largest absolute Gasteiger partial charge is 0.368 e. The van der Waals surface area contributed by atoms with E-state index in [2.05, 4.69) is 4.98 Å². The third-order valence-electron chi connectivity index (χ3n) is 2.64. The molecule has 0 aliphatic heterocycles. The maximum absolute atomic E-state index is 11.1. The van der Waals surface area contributed by atoms with E-state index in [9.17, 15) is 4.79 Å². The van der Waals surface area contributed by atoms with Crippen molar-refractivity contribution in [1.29, 1.82) is 0 Å². The van der Waals surface area contributed by atoms with Crippen molar-refractivity contribution in [2.75, 3.05) is 20.1 Å². The van der Waals surface area contributed by atoms with Crippen molar-refractivity contribution in [1.82, 2.24) is 9.88 Å². The van der Waals surface area contributed by atoms with Crippen LogP contribution < -0.4 is 11.5 Å². The molecule has 5 heteroatoms. The Hall–Kier alpha value is -1.46. The molecule has 5 nitrogen and oxygen atoms in total. The summed E-state index contributed by atoms with van der Waals surface area (Å²) in [4.78, 5) is 17.3. The lowest BCUT2D eigenvalue weighted by Gasteiger charge is -2.27. The number of hydrogen-bond donors (Lipinski definition) is 2. The van der Waals surface area contributed by atoms with Crippen molar-refractivity contribution < 1.29 is 4.79 Å². The standard InChI is InChI=1S/C12H20N4O/c1-12(14,11(13)17)9-16(2)8-6-10-5-3-4-7-15-10/h3-5,7H,6,8-9,14H2,1-2H3,(H2,13,17). The van der Waals surface area contributed by atoms with Gasteiger partial charge in [-0.15, -0.1) is 0 Å². The fourth-order valence-electron chi connectivity index (χ4n) is 1.57. The van der Waals surface area contributed by atoms with Gasteiger partial charge in [0.25, 0.3) is 0 Å². The van der Waals surface area contributed by atoms with E-state index in [1.54, 1.807) is 13.1 Å². The van der Waals surface area contributed by atoms with E-state index in [0.29, 0.717) is 6.54 Å². The average molecular weight is 236 g/mol. The molecule has 0 aromatic carbocycles. The van der Waals surface area contributed by atoms with Gasteiger partial charge in [0.1, 0.15) is 5.54 Å². The molecule has 0 aliphatic rings. The van der Waals surface area contributed by atoms with Crippen LogP contribution in [0.3, 0.4) is 0 Å². The Morgan fingerprint density at radius 3 is 2.76 bits per heavy atom. The molecule has 1 atom stereocenters. The summed E-state index contributed by atoms with van der Waals surface area (Å²) in [5, 5.41) is 0. The molecule has 0 fully saturated rings. The maximum atomic E-state index is 11.1. The molecule has 1 aromatic heterocycles. The Morgan fingerprint density at radius 2 is 2.24 bits per heavy atom. The van der Waals surface area contributed by atoms with E-state index in [-0.39, 0.29) is 0 Å². The van der Waals surface area contributed by atoms with Crippen molar-refractivity contribution in [3.05, 3.63) is 30.1 Å². The molecule has 1 amide bonds. The van der Waals surface area contributed by atoms with Crippen molar-refractivity contribution >= 4 is 5.91 Å². The minimum Gasteiger partial charge on any atom is -0.368 e. The quantitative estimate of drug-likeness (QED) is 0.713. The molecule has 0 bridgehead atoms. The minimum atomic E-state index is -0.987. The molecule has 0 radical (unpaired) electrons. The van der Waals surface area contributed by atoms with Crippen LogP contribution in [0.5, 0.6) is 0 Å². The molecule has 1 unspecified atom stereocenters. The lowest BCUT2D eigenvalue weighted by molar-refractivity contribution is -0.123. The number of likely N-dealkylation sites (N-methyl/N-ethyl adjacent to an activating group) is 1. The first kappa shape index (κ1) is 13.6. The Morgan fingerprint density at radius 1 is 1.53 bits per heavy atom. The first-order valence-electron chi connectivity index (χ1n) is 5.59. The number of aromatic nitrogens is 1. The molecule has 0 aliphatic carbocycles. The SMILES string of the molecule is CN(CCc1ccccn1)CC(C)(N)C(N)=O. The van der Waals surface area contributed by atoms with Crippen LogP contribution in [0, 0.1) is 0 Å². The fourth-order valence-corrected chi connectivity index (χ4v) is 1.57. The summed E-state index contributed by atoms with van der Waals surface area (Å²) in [6.45, 7) is 2.87. The van der Waals surface area contributed by atoms with Gasteiger partial charge in [-0.1, -0.05) is 6.07 Å². The molecule has 4 N–H and O–H groups in total. The van der Waals surface area contributed by atoms with Gasteiger partial charge in [-0.25, -0.2) is 0 Å². The third-order valence-corrected chi connectivity index (χ3v) is 2.64. The Labute approximate surface area is 102 Å². The number of amides is 1. The number of carbonyl (C=O) groups excluding carboxylic acids is 1. The minimum absolute atomic E-state index is 0.440. The first-order valence-corrected chi connectivity index (χ1v) is 5.59. The lowest BCUT2D eigenvalue weighted by atomic mass is 10.0. The number of primary amides is 1. The van der Waals surface area contributed by atoms with Crippen molar-refractivity contribution in [2.45, 2.75) is 18.9 Å². The van der Waals surface area contributed by atoms with Gasteiger partial charge in [-0.05, 0) is 26.1 Å². The summed E-state index contributed by atoms with van der Waals surface area (Å²) in [5.41, 5.74) is 11.1. The zero-order valence-electron chi connectivity index (χ0n) is 10.4. The van der Waals surface area contributed by atoms with Crippen LogP contribution in [0.2, 0.25) is 0 Å². The summed E-state index contributed by atoms with van der Waals surface area (Å²) in [7, 11) is 1.91. The predicted molar refractivity (Wildman–Crippen MR) is 67.2 cm³/mol. The summed E-state index contributed by atoms with van der Waals surface area (Å²) < 4.78 is 0. The fraction of sp³-hybridized carbons (Fsp3) is 0.500. The van der Waals surface area contributed by atoms with Crippen molar-refractivity contribution in [2.24, 2.45) is 11.5 Å². The van der Waals surface area contributed by atoms with E-state index >= 15 is 0 Å². The zero-order chi connectivity index (χ0) is 12.9. The van der Waals surface area contributed by atoms with Gasteiger partial charge in [-0.3, -0.25) is 9.78 Å². The maximum Gasteiger partial charge on any atom is 0.238 e. The highest BCUT2D eigenvalue weighted by Gasteiger charge is 2.26. The van der Waals surface area contributed by atoms with Crippen molar-refractivity contribution in [3.63, 3.8) is 0 Å². The van der Waals surface area contributed by atoms with E-state index in [4.69, 9.17) is 11.5 Å². The van der Waals surface area contributed by atoms with E-state index in [1.807, 2.05) is 30.1 Å². The van der Waals surface area contributed by atoms with Gasteiger partial charge < -0.3 is 16.4 Å². The van der Waals surface area contributed by atoms with Gasteiger partial charge in [0.2, 0.25) is 5.91 Å². The average Bonchev–Trinajstić information content (AvgIpc) is 2.27. The van der Waals surface area contributed by atoms with Crippen LogP contribution in [0.1, 0.15) is 12.6 Å². The lowest BCUT2D eigenvalue weighted by Crippen LogP contribution is -2.56. The van der Waals surface area contributed by atoms with E-state index in [0.717, 1.165) is 18.7 Å². The molecular formula is C12H20N4O. The highest BCUT2D eigenvalue weighted by atomic mass is 16.1. The highest BCUT2D eigenvalue weighted by Crippen LogP contribution is 2.02. The molecule has 94 valence electrons. The summed E-state index contributed by atoms with van der Waals surface area (Å²) in [6.07, 6.45) is 2.60. The van der Waals surface area contributed by atoms with Crippen LogP contribution in [0.4, 0.5) is 0 Å². The third kappa shape index (κ3) is 4.50. The Bertz CT molecular complexity index is 364. The Kier molecular flexibility index (Phi) is 4.60. The molecular weight excluding hydrogens is 216 g/mol. The smallest absolute Gasteiger partial charge is 0.238 e. The van der Waals surface area contributed by atoms with Gasteiger partial charge >= 0.3 is 0 Å². The first-order chi connectivity index (χ1) is 7.92. The second kappa shape index (κ2) is 5.75. The molecule has 0 saturated carbocycles. The van der Waals surface area contributed by atoms with E-state index in [1.165, 1.54) is 0 Å². The second-order valence-electron chi connectivity index (χ2n) is 4.59. The number of hydrogen-bond acceptors (Lipinski definition) is 4. The number of pyridine rings is 1. The van der Waals surface area contributed by atoms with Crippen LogP contribution in [-0.4, -0.2) is 41.5 Å². The molecule has 17 heavy (non-hydrogen) atoms. The molecule has 0 spiro atoms. The van der Waals surface area contributed by atoms with Gasteiger partial charge in [0.05, 0.1) is 0 Å². The monoisotopic (exact) mass is 236 g/mol. The van der Waals surface area contributed by atoms with Gasteiger partial charge in [0.15, 0.2) is 0 Å². The molecule has 1 heterocycles. The predicted octanol–water partition coefficient (Wildman–Crippen LogP) is -0.241. The highest BCUT2D eigenvalue weighted by molar-refractivity contribution is 5.84. The van der Waals surface area contributed by atoms with Crippen molar-refractivity contribution in [3.8, 4) is 0 Å². The van der Waals surface area contributed by atoms with E-state index < -0.39 is 11.4 Å². The summed E-state index contributed by atoms with van der Waals surface area (Å²) in [6, 6.07) is 5.82. The van der Waals surface area contributed by atoms with Crippen LogP contribution in [0.25, 0.3) is 0 Å². The zero-order valence-corrected chi connectivity index (χ0v) is 10.4. The molecule has 1 rings (SSSR count). The van der Waals surface area contributed by atoms with Crippen LogP contribution >= 0.6 is 0 Å². The van der Waals surface area contributed by atoms with Gasteiger partial charge in [-0.2, -0.15) is 0 Å². The second-order valence-corrected chi connectivity index (χ2v) is 4.59. The molecule has 0 saturated heterocycles. The van der Waals surface area contributed by atoms with Gasteiger partial charge in [0, 0.05) is 31.4 Å².